The van der Waals surface area contributed by atoms with Gasteiger partial charge in [-0.2, -0.15) is 0 Å². The normalized spacial score (nSPS) is 10.6. The van der Waals surface area contributed by atoms with Crippen LogP contribution < -0.4 is 5.73 Å². The molecule has 0 fully saturated rings. The Hall–Kier alpha value is -0.480. The van der Waals surface area contributed by atoms with Gasteiger partial charge in [0.1, 0.15) is 0 Å². The minimum atomic E-state index is -0.855. The van der Waals surface area contributed by atoms with Crippen LogP contribution in [0, 0.1) is 0 Å². The number of nitrogens with two attached hydrogens (primary N) is 1. The second-order valence-corrected chi connectivity index (χ2v) is 4.01. The maximum Gasteiger partial charge on any atom is 0.407 e. The van der Waals surface area contributed by atoms with Crippen molar-refractivity contribution in [3.63, 3.8) is 0 Å². The zero-order valence-electron chi connectivity index (χ0n) is 9.12. The molecule has 0 radical (unpaired) electrons. The Morgan fingerprint density at radius 1 is 1.43 bits per heavy atom. The number of nitrogens with zero attached hydrogens (tertiary/aromatic N) is 1. The van der Waals surface area contributed by atoms with Gasteiger partial charge in [-0.05, 0) is 26.7 Å². The SMILES string of the molecule is CCCN(CCC(C)(C)N)C(=O)O.Cl. The smallest absolute Gasteiger partial charge is 0.407 e. The molecule has 0 saturated carbocycles. The largest absolute Gasteiger partial charge is 0.465 e. The van der Waals surface area contributed by atoms with Gasteiger partial charge in [-0.15, -0.1) is 12.4 Å². The van der Waals surface area contributed by atoms with Crippen LogP contribution in [-0.2, 0) is 0 Å². The lowest BCUT2D eigenvalue weighted by Crippen LogP contribution is -2.39. The minimum absolute atomic E-state index is 0. The molecular weight excluding hydrogens is 204 g/mol. The molecule has 0 rings (SSSR count). The van der Waals surface area contributed by atoms with Crippen LogP contribution in [0.4, 0.5) is 4.79 Å². The van der Waals surface area contributed by atoms with Crippen molar-refractivity contribution in [2.75, 3.05) is 13.1 Å². The molecule has 86 valence electrons. The Labute approximate surface area is 91.9 Å². The zero-order chi connectivity index (χ0) is 10.5. The lowest BCUT2D eigenvalue weighted by atomic mass is 10.0. The lowest BCUT2D eigenvalue weighted by molar-refractivity contribution is 0.141. The van der Waals surface area contributed by atoms with Gasteiger partial charge in [-0.3, -0.25) is 0 Å². The summed E-state index contributed by atoms with van der Waals surface area (Å²) >= 11 is 0. The van der Waals surface area contributed by atoms with Crippen LogP contribution in [0.1, 0.15) is 33.6 Å². The van der Waals surface area contributed by atoms with Crippen molar-refractivity contribution in [1.82, 2.24) is 4.90 Å². The molecular formula is C9H21ClN2O2. The van der Waals surface area contributed by atoms with E-state index in [9.17, 15) is 4.79 Å². The van der Waals surface area contributed by atoms with Gasteiger partial charge in [0.15, 0.2) is 0 Å². The molecule has 3 N–H and O–H groups in total. The van der Waals surface area contributed by atoms with Crippen molar-refractivity contribution in [1.29, 1.82) is 0 Å². The molecule has 0 saturated heterocycles. The summed E-state index contributed by atoms with van der Waals surface area (Å²) in [5.41, 5.74) is 5.47. The van der Waals surface area contributed by atoms with Crippen LogP contribution >= 0.6 is 12.4 Å². The molecule has 0 bridgehead atoms. The van der Waals surface area contributed by atoms with E-state index in [-0.39, 0.29) is 17.9 Å². The highest BCUT2D eigenvalue weighted by Gasteiger charge is 2.15. The Bertz CT molecular complexity index is 169. The molecule has 1 amide bonds. The molecule has 14 heavy (non-hydrogen) atoms. The molecule has 0 spiro atoms. The third-order valence-electron chi connectivity index (χ3n) is 1.79. The first-order chi connectivity index (χ1) is 5.87. The average Bonchev–Trinajstić information content (AvgIpc) is 1.95. The molecule has 5 heteroatoms. The third kappa shape index (κ3) is 8.13. The Kier molecular flexibility index (Phi) is 7.87. The summed E-state index contributed by atoms with van der Waals surface area (Å²) in [5, 5.41) is 8.79. The summed E-state index contributed by atoms with van der Waals surface area (Å²) in [6, 6.07) is 0. The first-order valence-electron chi connectivity index (χ1n) is 4.63. The summed E-state index contributed by atoms with van der Waals surface area (Å²) in [7, 11) is 0. The van der Waals surface area contributed by atoms with E-state index in [0.29, 0.717) is 19.5 Å². The number of amides is 1. The first-order valence-corrected chi connectivity index (χ1v) is 4.63. The van der Waals surface area contributed by atoms with Gasteiger partial charge in [0.25, 0.3) is 0 Å². The highest BCUT2D eigenvalue weighted by molar-refractivity contribution is 5.85. The van der Waals surface area contributed by atoms with Crippen molar-refractivity contribution in [3.05, 3.63) is 0 Å². The van der Waals surface area contributed by atoms with Gasteiger partial charge in [-0.25, -0.2) is 4.79 Å². The van der Waals surface area contributed by atoms with Crippen molar-refractivity contribution in [3.8, 4) is 0 Å². The minimum Gasteiger partial charge on any atom is -0.465 e. The fourth-order valence-electron chi connectivity index (χ4n) is 0.996. The van der Waals surface area contributed by atoms with E-state index >= 15 is 0 Å². The fraction of sp³-hybridized carbons (Fsp3) is 0.889. The topological polar surface area (TPSA) is 66.6 Å². The summed E-state index contributed by atoms with van der Waals surface area (Å²) in [4.78, 5) is 12.1. The molecule has 4 nitrogen and oxygen atoms in total. The van der Waals surface area contributed by atoms with Crippen LogP contribution in [0.15, 0.2) is 0 Å². The molecule has 0 aromatic heterocycles. The quantitative estimate of drug-likeness (QED) is 0.750. The van der Waals surface area contributed by atoms with Crippen molar-refractivity contribution in [2.24, 2.45) is 5.73 Å². The Morgan fingerprint density at radius 3 is 2.21 bits per heavy atom. The molecule has 0 heterocycles. The Balaban J connectivity index is 0. The van der Waals surface area contributed by atoms with Crippen LogP contribution in [0.2, 0.25) is 0 Å². The van der Waals surface area contributed by atoms with E-state index in [0.717, 1.165) is 6.42 Å². The summed E-state index contributed by atoms with van der Waals surface area (Å²) in [6.45, 7) is 6.87. The summed E-state index contributed by atoms with van der Waals surface area (Å²) < 4.78 is 0. The van der Waals surface area contributed by atoms with Gasteiger partial charge < -0.3 is 15.7 Å². The zero-order valence-corrected chi connectivity index (χ0v) is 9.93. The molecule has 0 aromatic rings. The van der Waals surface area contributed by atoms with Gasteiger partial charge in [0.05, 0.1) is 0 Å². The van der Waals surface area contributed by atoms with Gasteiger partial charge >= 0.3 is 6.09 Å². The molecule has 0 atom stereocenters. The summed E-state index contributed by atoms with van der Waals surface area (Å²) in [6.07, 6.45) is 0.683. The van der Waals surface area contributed by atoms with Crippen molar-refractivity contribution in [2.45, 2.75) is 39.2 Å². The monoisotopic (exact) mass is 224 g/mol. The van der Waals surface area contributed by atoms with E-state index in [1.165, 1.54) is 4.90 Å². The maximum atomic E-state index is 10.7. The second kappa shape index (κ2) is 6.90. The molecule has 0 unspecified atom stereocenters. The van der Waals surface area contributed by atoms with Crippen LogP contribution in [0.5, 0.6) is 0 Å². The lowest BCUT2D eigenvalue weighted by Gasteiger charge is -2.24. The highest BCUT2D eigenvalue weighted by atomic mass is 35.5. The predicted molar refractivity (Wildman–Crippen MR) is 60.0 cm³/mol. The van der Waals surface area contributed by atoms with E-state index in [2.05, 4.69) is 0 Å². The van der Waals surface area contributed by atoms with E-state index in [1.54, 1.807) is 0 Å². The van der Waals surface area contributed by atoms with E-state index < -0.39 is 6.09 Å². The summed E-state index contributed by atoms with van der Waals surface area (Å²) in [5.74, 6) is 0. The molecule has 0 aliphatic carbocycles. The maximum absolute atomic E-state index is 10.7. The van der Waals surface area contributed by atoms with Crippen LogP contribution in [0.25, 0.3) is 0 Å². The third-order valence-corrected chi connectivity index (χ3v) is 1.79. The number of hydrogen-bond donors (Lipinski definition) is 2. The van der Waals surface area contributed by atoms with Crippen LogP contribution in [-0.4, -0.2) is 34.7 Å². The van der Waals surface area contributed by atoms with E-state index in [4.69, 9.17) is 10.8 Å². The molecule has 0 aliphatic heterocycles. The first kappa shape index (κ1) is 16.0. The van der Waals surface area contributed by atoms with Crippen LogP contribution in [0.3, 0.4) is 0 Å². The number of hydrogen-bond acceptors (Lipinski definition) is 2. The second-order valence-electron chi connectivity index (χ2n) is 4.01. The van der Waals surface area contributed by atoms with Crippen molar-refractivity contribution < 1.29 is 9.90 Å². The van der Waals surface area contributed by atoms with Gasteiger partial charge in [-0.1, -0.05) is 6.92 Å². The van der Waals surface area contributed by atoms with Gasteiger partial charge in [0, 0.05) is 18.6 Å². The number of carbonyl (C=O) groups is 1. The Morgan fingerprint density at radius 2 is 1.93 bits per heavy atom. The molecule has 0 aliphatic rings. The standard InChI is InChI=1S/C9H20N2O2.ClH/c1-4-6-11(8(12)13)7-5-9(2,3)10;/h4-7,10H2,1-3H3,(H,12,13);1H. The van der Waals surface area contributed by atoms with Gasteiger partial charge in [0.2, 0.25) is 0 Å². The highest BCUT2D eigenvalue weighted by Crippen LogP contribution is 2.05. The van der Waals surface area contributed by atoms with Crippen molar-refractivity contribution >= 4 is 18.5 Å². The average molecular weight is 225 g/mol. The molecule has 0 aromatic carbocycles. The predicted octanol–water partition coefficient (Wildman–Crippen LogP) is 1.93. The fourth-order valence-corrected chi connectivity index (χ4v) is 0.996. The number of carboxylic acid groups (broad SMARTS) is 1. The van der Waals surface area contributed by atoms with E-state index in [1.807, 2.05) is 20.8 Å². The number of halogens is 1. The number of rotatable bonds is 5.